The Balaban J connectivity index is 2.65. The number of benzene rings is 1. The van der Waals surface area contributed by atoms with Crippen molar-refractivity contribution in [3.8, 4) is 6.07 Å². The smallest absolute Gasteiger partial charge is 0.173 e. The van der Waals surface area contributed by atoms with Crippen LogP contribution in [0.1, 0.15) is 12.0 Å². The van der Waals surface area contributed by atoms with Gasteiger partial charge in [-0.05, 0) is 42.9 Å². The summed E-state index contributed by atoms with van der Waals surface area (Å²) in [6.45, 7) is 2.58. The molecule has 0 unspecified atom stereocenters. The normalized spacial score (nSPS) is 9.53. The highest BCUT2D eigenvalue weighted by Crippen LogP contribution is 2.19. The van der Waals surface area contributed by atoms with Gasteiger partial charge in [-0.3, -0.25) is 0 Å². The van der Waals surface area contributed by atoms with Gasteiger partial charge in [0.2, 0.25) is 0 Å². The van der Waals surface area contributed by atoms with Crippen molar-refractivity contribution in [2.75, 3.05) is 18.9 Å². The van der Waals surface area contributed by atoms with Gasteiger partial charge in [0, 0.05) is 24.3 Å². The van der Waals surface area contributed by atoms with Crippen molar-refractivity contribution in [3.63, 3.8) is 0 Å². The fourth-order valence-corrected chi connectivity index (χ4v) is 1.73. The average Bonchev–Trinajstić information content (AvgIpc) is 2.29. The highest BCUT2D eigenvalue weighted by atomic mass is 35.5. The molecule has 0 aliphatic rings. The maximum Gasteiger partial charge on any atom is 0.173 e. The van der Waals surface area contributed by atoms with E-state index in [-0.39, 0.29) is 0 Å². The lowest BCUT2D eigenvalue weighted by molar-refractivity contribution is 0.523. The monoisotopic (exact) mass is 267 g/mol. The highest BCUT2D eigenvalue weighted by molar-refractivity contribution is 7.80. The summed E-state index contributed by atoms with van der Waals surface area (Å²) in [5.74, 6) is 0. The van der Waals surface area contributed by atoms with Crippen molar-refractivity contribution in [1.82, 2.24) is 4.90 Å². The van der Waals surface area contributed by atoms with Crippen LogP contribution < -0.4 is 5.32 Å². The molecule has 0 saturated carbocycles. The molecule has 0 atom stereocenters. The molecule has 0 fully saturated rings. The Morgan fingerprint density at radius 2 is 2.29 bits per heavy atom. The summed E-state index contributed by atoms with van der Waals surface area (Å²) in [6, 6.07) is 7.67. The maximum atomic E-state index is 8.51. The van der Waals surface area contributed by atoms with Crippen LogP contribution in [0.25, 0.3) is 0 Å². The Bertz CT molecular complexity index is 454. The molecule has 90 valence electrons. The molecule has 1 N–H and O–H groups in total. The zero-order valence-corrected chi connectivity index (χ0v) is 11.4. The van der Waals surface area contributed by atoms with E-state index in [0.717, 1.165) is 11.3 Å². The Kier molecular flexibility index (Phi) is 5.20. The largest absolute Gasteiger partial charge is 0.351 e. The number of anilines is 1. The number of halogens is 1. The lowest BCUT2D eigenvalue weighted by Crippen LogP contribution is -2.31. The van der Waals surface area contributed by atoms with Gasteiger partial charge in [0.1, 0.15) is 0 Å². The number of hydrogen-bond donors (Lipinski definition) is 1. The lowest BCUT2D eigenvalue weighted by atomic mass is 10.2. The predicted molar refractivity (Wildman–Crippen MR) is 75.3 cm³/mol. The van der Waals surface area contributed by atoms with E-state index < -0.39 is 0 Å². The molecule has 1 aromatic rings. The van der Waals surface area contributed by atoms with Crippen LogP contribution >= 0.6 is 23.8 Å². The van der Waals surface area contributed by atoms with E-state index in [1.807, 2.05) is 37.1 Å². The standard InChI is InChI=1S/C12H14ClN3S/c1-9-8-10(13)4-5-11(9)15-12(17)16(2)7-3-6-14/h4-5,8H,3,7H2,1-2H3,(H,15,17). The van der Waals surface area contributed by atoms with Gasteiger partial charge < -0.3 is 10.2 Å². The first-order chi connectivity index (χ1) is 8.04. The Morgan fingerprint density at radius 1 is 1.59 bits per heavy atom. The second kappa shape index (κ2) is 6.43. The number of aryl methyl sites for hydroxylation is 1. The molecule has 0 bridgehead atoms. The molecule has 1 rings (SSSR count). The quantitative estimate of drug-likeness (QED) is 0.854. The van der Waals surface area contributed by atoms with E-state index in [1.165, 1.54) is 0 Å². The van der Waals surface area contributed by atoms with Crippen LogP contribution in [0.3, 0.4) is 0 Å². The summed E-state index contributed by atoms with van der Waals surface area (Å²) < 4.78 is 0. The second-order valence-corrected chi connectivity index (χ2v) is 4.54. The summed E-state index contributed by atoms with van der Waals surface area (Å²) in [7, 11) is 1.86. The summed E-state index contributed by atoms with van der Waals surface area (Å²) in [5.41, 5.74) is 1.97. The van der Waals surface area contributed by atoms with Crippen molar-refractivity contribution in [2.45, 2.75) is 13.3 Å². The van der Waals surface area contributed by atoms with Gasteiger partial charge in [-0.25, -0.2) is 0 Å². The third kappa shape index (κ3) is 4.22. The van der Waals surface area contributed by atoms with Crippen LogP contribution in [0.4, 0.5) is 5.69 Å². The second-order valence-electron chi connectivity index (χ2n) is 3.72. The first kappa shape index (κ1) is 13.8. The first-order valence-corrected chi connectivity index (χ1v) is 5.98. The van der Waals surface area contributed by atoms with Crippen LogP contribution in [0.2, 0.25) is 5.02 Å². The number of nitriles is 1. The summed E-state index contributed by atoms with van der Waals surface area (Å²) in [4.78, 5) is 1.84. The number of nitrogens with zero attached hydrogens (tertiary/aromatic N) is 2. The molecule has 0 aliphatic carbocycles. The molecule has 1 aromatic carbocycles. The summed E-state index contributed by atoms with van der Waals surface area (Å²) >= 11 is 11.1. The van der Waals surface area contributed by atoms with Crippen LogP contribution in [0, 0.1) is 18.3 Å². The fourth-order valence-electron chi connectivity index (χ4n) is 1.30. The van der Waals surface area contributed by atoms with Gasteiger partial charge in [0.05, 0.1) is 12.5 Å². The molecule has 0 aromatic heterocycles. The molecule has 0 aliphatic heterocycles. The molecular formula is C12H14ClN3S. The van der Waals surface area contributed by atoms with Crippen LogP contribution in [-0.4, -0.2) is 23.6 Å². The van der Waals surface area contributed by atoms with Crippen LogP contribution in [-0.2, 0) is 0 Å². The lowest BCUT2D eigenvalue weighted by Gasteiger charge is -2.20. The Hall–Kier alpha value is -1.31. The molecule has 5 heteroatoms. The summed E-state index contributed by atoms with van der Waals surface area (Å²) in [5, 5.41) is 12.9. The average molecular weight is 268 g/mol. The van der Waals surface area contributed by atoms with Crippen LogP contribution in [0.15, 0.2) is 18.2 Å². The van der Waals surface area contributed by atoms with Crippen molar-refractivity contribution < 1.29 is 0 Å². The van der Waals surface area contributed by atoms with Crippen molar-refractivity contribution >= 4 is 34.6 Å². The van der Waals surface area contributed by atoms with E-state index in [4.69, 9.17) is 29.1 Å². The van der Waals surface area contributed by atoms with Gasteiger partial charge in [0.15, 0.2) is 5.11 Å². The van der Waals surface area contributed by atoms with Gasteiger partial charge in [-0.15, -0.1) is 0 Å². The van der Waals surface area contributed by atoms with E-state index in [9.17, 15) is 0 Å². The minimum Gasteiger partial charge on any atom is -0.351 e. The molecule has 0 amide bonds. The fraction of sp³-hybridized carbons (Fsp3) is 0.333. The molecular weight excluding hydrogens is 254 g/mol. The van der Waals surface area contributed by atoms with Gasteiger partial charge in [-0.1, -0.05) is 11.6 Å². The molecule has 17 heavy (non-hydrogen) atoms. The highest BCUT2D eigenvalue weighted by Gasteiger charge is 2.06. The maximum absolute atomic E-state index is 8.51. The predicted octanol–water partition coefficient (Wildman–Crippen LogP) is 3.19. The van der Waals surface area contributed by atoms with Crippen molar-refractivity contribution in [1.29, 1.82) is 5.26 Å². The zero-order valence-electron chi connectivity index (χ0n) is 9.83. The Morgan fingerprint density at radius 3 is 2.88 bits per heavy atom. The van der Waals surface area contributed by atoms with Crippen molar-refractivity contribution in [3.05, 3.63) is 28.8 Å². The number of thiocarbonyl (C=S) groups is 1. The molecule has 0 spiro atoms. The summed E-state index contributed by atoms with van der Waals surface area (Å²) in [6.07, 6.45) is 0.456. The Labute approximate surface area is 112 Å². The van der Waals surface area contributed by atoms with Gasteiger partial charge in [-0.2, -0.15) is 5.26 Å². The molecule has 0 heterocycles. The third-order valence-electron chi connectivity index (χ3n) is 2.34. The number of nitrogens with one attached hydrogen (secondary N) is 1. The molecule has 0 saturated heterocycles. The first-order valence-electron chi connectivity index (χ1n) is 5.20. The van der Waals surface area contributed by atoms with E-state index in [0.29, 0.717) is 23.1 Å². The van der Waals surface area contributed by atoms with Crippen LogP contribution in [0.5, 0.6) is 0 Å². The molecule has 3 nitrogen and oxygen atoms in total. The number of hydrogen-bond acceptors (Lipinski definition) is 2. The van der Waals surface area contributed by atoms with Crippen molar-refractivity contribution in [2.24, 2.45) is 0 Å². The molecule has 0 radical (unpaired) electrons. The zero-order chi connectivity index (χ0) is 12.8. The van der Waals surface area contributed by atoms with Gasteiger partial charge in [0.25, 0.3) is 0 Å². The third-order valence-corrected chi connectivity index (χ3v) is 2.98. The van der Waals surface area contributed by atoms with E-state index >= 15 is 0 Å². The van der Waals surface area contributed by atoms with Gasteiger partial charge >= 0.3 is 0 Å². The van der Waals surface area contributed by atoms with E-state index in [2.05, 4.69) is 11.4 Å². The number of rotatable bonds is 3. The minimum atomic E-state index is 0.456. The topological polar surface area (TPSA) is 39.1 Å². The SMILES string of the molecule is Cc1cc(Cl)ccc1NC(=S)N(C)CCC#N. The minimum absolute atomic E-state index is 0.456. The van der Waals surface area contributed by atoms with E-state index in [1.54, 1.807) is 0 Å².